The fraction of sp³-hybridized carbons (Fsp3) is 0.320. The summed E-state index contributed by atoms with van der Waals surface area (Å²) in [4.78, 5) is 41.7. The number of hydrogen-bond acceptors (Lipinski definition) is 8. The van der Waals surface area contributed by atoms with Crippen LogP contribution in [-0.2, 0) is 20.5 Å². The average molecular weight is 632 g/mol. The lowest BCUT2D eigenvalue weighted by Crippen LogP contribution is -2.41. The topological polar surface area (TPSA) is 150 Å². The summed E-state index contributed by atoms with van der Waals surface area (Å²) in [7, 11) is 1.09. The molecule has 1 aliphatic rings. The second-order valence-electron chi connectivity index (χ2n) is 9.11. The highest BCUT2D eigenvalue weighted by Crippen LogP contribution is 2.34. The van der Waals surface area contributed by atoms with Gasteiger partial charge in [0, 0.05) is 10.6 Å². The van der Waals surface area contributed by atoms with Gasteiger partial charge in [0.25, 0.3) is 5.91 Å². The number of aromatic amines is 1. The third-order valence-electron chi connectivity index (χ3n) is 6.07. The number of carbonyl (C=O) groups excluding carboxylic acids is 3. The molecule has 0 saturated carbocycles. The van der Waals surface area contributed by atoms with Gasteiger partial charge in [-0.05, 0) is 35.9 Å². The number of nitrogens with zero attached hydrogens (tertiary/aromatic N) is 2. The van der Waals surface area contributed by atoms with E-state index in [-0.39, 0.29) is 40.4 Å². The number of rotatable bonds is 8. The minimum absolute atomic E-state index is 0.0348. The number of halogens is 6. The third-order valence-corrected chi connectivity index (χ3v) is 6.56. The van der Waals surface area contributed by atoms with E-state index in [1.54, 1.807) is 0 Å². The molecule has 224 valence electrons. The van der Waals surface area contributed by atoms with Gasteiger partial charge in [0.05, 0.1) is 61.4 Å². The van der Waals surface area contributed by atoms with E-state index in [4.69, 9.17) is 23.2 Å². The second kappa shape index (κ2) is 12.8. The Morgan fingerprint density at radius 1 is 1.17 bits per heavy atom. The van der Waals surface area contributed by atoms with Crippen LogP contribution in [0.25, 0.3) is 10.9 Å². The highest BCUT2D eigenvalue weighted by Gasteiger charge is 2.32. The molecular formula is C25H23Cl2F4N7O4. The lowest BCUT2D eigenvalue weighted by Gasteiger charge is -2.20. The van der Waals surface area contributed by atoms with Crippen molar-refractivity contribution in [2.45, 2.75) is 24.8 Å². The van der Waals surface area contributed by atoms with Crippen LogP contribution in [-0.4, -0.2) is 66.9 Å². The van der Waals surface area contributed by atoms with Crippen LogP contribution in [0.1, 0.15) is 33.9 Å². The van der Waals surface area contributed by atoms with Crippen LogP contribution in [0.15, 0.2) is 35.3 Å². The monoisotopic (exact) mass is 631 g/mol. The molecule has 0 radical (unpaired) electrons. The van der Waals surface area contributed by atoms with Gasteiger partial charge in [0.15, 0.2) is 11.1 Å². The number of aliphatic imine (C=N–C) groups is 1. The molecule has 2 heterocycles. The maximum absolute atomic E-state index is 13.4. The number of nitrogens with one attached hydrogen (secondary N) is 5. The van der Waals surface area contributed by atoms with Crippen molar-refractivity contribution < 1.29 is 36.7 Å². The molecule has 1 aliphatic heterocycles. The van der Waals surface area contributed by atoms with Crippen LogP contribution in [0.2, 0.25) is 10.2 Å². The van der Waals surface area contributed by atoms with Gasteiger partial charge in [0.1, 0.15) is 6.17 Å². The minimum atomic E-state index is -4.73. The number of anilines is 1. The predicted molar refractivity (Wildman–Crippen MR) is 146 cm³/mol. The molecule has 4 rings (SSSR count). The zero-order valence-electron chi connectivity index (χ0n) is 21.7. The summed E-state index contributed by atoms with van der Waals surface area (Å²) in [5.74, 6) is -2.06. The summed E-state index contributed by atoms with van der Waals surface area (Å²) in [6.07, 6.45) is -6.37. The molecule has 0 bridgehead atoms. The van der Waals surface area contributed by atoms with E-state index in [0.717, 1.165) is 13.2 Å². The van der Waals surface area contributed by atoms with Crippen molar-refractivity contribution in [1.82, 2.24) is 26.1 Å². The van der Waals surface area contributed by atoms with Gasteiger partial charge in [-0.3, -0.25) is 19.5 Å². The van der Waals surface area contributed by atoms with Crippen LogP contribution < -0.4 is 21.3 Å². The number of H-pyrrole nitrogens is 1. The summed E-state index contributed by atoms with van der Waals surface area (Å²) in [5, 5.41) is 17.5. The largest absolute Gasteiger partial charge is 0.469 e. The van der Waals surface area contributed by atoms with Gasteiger partial charge in [-0.25, -0.2) is 9.38 Å². The molecule has 1 aromatic heterocycles. The van der Waals surface area contributed by atoms with Crippen LogP contribution in [0, 0.1) is 0 Å². The van der Waals surface area contributed by atoms with E-state index < -0.39 is 54.7 Å². The van der Waals surface area contributed by atoms with Gasteiger partial charge < -0.3 is 26.0 Å². The number of carbonyl (C=O) groups is 3. The van der Waals surface area contributed by atoms with Crippen LogP contribution in [0.4, 0.5) is 23.2 Å². The van der Waals surface area contributed by atoms with Crippen molar-refractivity contribution >= 4 is 63.5 Å². The van der Waals surface area contributed by atoms with E-state index in [0.29, 0.717) is 22.7 Å². The molecule has 2 atom stereocenters. The molecule has 2 aromatic carbocycles. The number of ether oxygens (including phenoxy) is 1. The quantitative estimate of drug-likeness (QED) is 0.188. The highest BCUT2D eigenvalue weighted by molar-refractivity contribution is 6.35. The van der Waals surface area contributed by atoms with Crippen molar-refractivity contribution in [1.29, 1.82) is 0 Å². The first-order valence-electron chi connectivity index (χ1n) is 12.2. The SMILES string of the molecule is COC(=O)C[C@H](NC(=O)CNC(=O)c1cc(NC2=NCC(F)CN2)c2c(Cl)n[nH]c2c1)c1cc(Cl)cc(C(F)(F)F)c1. The van der Waals surface area contributed by atoms with E-state index in [1.165, 1.54) is 18.2 Å². The molecule has 5 N–H and O–H groups in total. The summed E-state index contributed by atoms with van der Waals surface area (Å²) in [6, 6.07) is 4.27. The van der Waals surface area contributed by atoms with Crippen molar-refractivity contribution in [3.8, 4) is 0 Å². The Morgan fingerprint density at radius 2 is 1.93 bits per heavy atom. The number of aromatic nitrogens is 2. The van der Waals surface area contributed by atoms with Gasteiger partial charge >= 0.3 is 12.1 Å². The maximum Gasteiger partial charge on any atom is 0.416 e. The molecule has 11 nitrogen and oxygen atoms in total. The van der Waals surface area contributed by atoms with Crippen molar-refractivity contribution in [2.75, 3.05) is 32.1 Å². The smallest absolute Gasteiger partial charge is 0.416 e. The molecular weight excluding hydrogens is 609 g/mol. The molecule has 0 spiro atoms. The molecule has 2 amide bonds. The number of esters is 1. The molecule has 0 saturated heterocycles. The van der Waals surface area contributed by atoms with Gasteiger partial charge in [-0.1, -0.05) is 23.2 Å². The van der Waals surface area contributed by atoms with Crippen molar-refractivity contribution in [3.05, 3.63) is 57.2 Å². The Labute approximate surface area is 245 Å². The van der Waals surface area contributed by atoms with E-state index in [2.05, 4.69) is 41.2 Å². The number of amides is 2. The number of fused-ring (bicyclic) bond motifs is 1. The Hall–Kier alpha value is -4.11. The standard InChI is InChI=1S/C25H23Cl2F4N7O4/c1-42-20(40)7-16(11-2-13(25(29,30)31)6-14(26)3-11)35-19(39)10-32-23(41)12-4-17(21-18(5-12)37-38-22(21)27)36-24-33-8-15(28)9-34-24/h2-6,15-16H,7-10H2,1H3,(H,32,41)(H,35,39)(H,37,38)(H2,33,34,36)/t16-/m0/s1. The fourth-order valence-corrected chi connectivity index (χ4v) is 4.55. The number of guanidine groups is 1. The Bertz CT molecular complexity index is 1550. The lowest BCUT2D eigenvalue weighted by molar-refractivity contribution is -0.141. The number of alkyl halides is 4. The minimum Gasteiger partial charge on any atom is -0.469 e. The van der Waals surface area contributed by atoms with Crippen LogP contribution >= 0.6 is 23.2 Å². The summed E-state index contributed by atoms with van der Waals surface area (Å²) >= 11 is 12.1. The van der Waals surface area contributed by atoms with Crippen molar-refractivity contribution in [2.24, 2.45) is 4.99 Å². The molecule has 1 unspecified atom stereocenters. The van der Waals surface area contributed by atoms with E-state index >= 15 is 0 Å². The normalized spacial score (nSPS) is 15.8. The van der Waals surface area contributed by atoms with E-state index in [1.807, 2.05) is 0 Å². The average Bonchev–Trinajstić information content (AvgIpc) is 3.32. The fourth-order valence-electron chi connectivity index (χ4n) is 4.06. The van der Waals surface area contributed by atoms with Crippen LogP contribution in [0.3, 0.4) is 0 Å². The van der Waals surface area contributed by atoms with Gasteiger partial charge in [0.2, 0.25) is 5.91 Å². The number of hydrogen-bond donors (Lipinski definition) is 5. The molecule has 0 fully saturated rings. The summed E-state index contributed by atoms with van der Waals surface area (Å²) in [5.41, 5.74) is -0.382. The van der Waals surface area contributed by atoms with Crippen molar-refractivity contribution in [3.63, 3.8) is 0 Å². The zero-order valence-corrected chi connectivity index (χ0v) is 23.2. The first kappa shape index (κ1) is 30.8. The molecule has 0 aliphatic carbocycles. The Morgan fingerprint density at radius 3 is 2.60 bits per heavy atom. The van der Waals surface area contributed by atoms with Crippen LogP contribution in [0.5, 0.6) is 0 Å². The first-order chi connectivity index (χ1) is 19.8. The number of benzene rings is 2. The van der Waals surface area contributed by atoms with Gasteiger partial charge in [-0.15, -0.1) is 0 Å². The predicted octanol–water partition coefficient (Wildman–Crippen LogP) is 3.75. The summed E-state index contributed by atoms with van der Waals surface area (Å²) < 4.78 is 58.0. The van der Waals surface area contributed by atoms with Gasteiger partial charge in [-0.2, -0.15) is 18.3 Å². The third kappa shape index (κ3) is 7.59. The molecule has 42 heavy (non-hydrogen) atoms. The highest BCUT2D eigenvalue weighted by atomic mass is 35.5. The molecule has 17 heteroatoms. The Kier molecular flexibility index (Phi) is 9.41. The summed E-state index contributed by atoms with van der Waals surface area (Å²) in [6.45, 7) is -0.622. The second-order valence-corrected chi connectivity index (χ2v) is 9.90. The first-order valence-corrected chi connectivity index (χ1v) is 13.0. The lowest BCUT2D eigenvalue weighted by atomic mass is 10.0. The number of methoxy groups -OCH3 is 1. The molecule has 3 aromatic rings. The maximum atomic E-state index is 13.4. The van der Waals surface area contributed by atoms with E-state index in [9.17, 15) is 31.9 Å². The zero-order chi connectivity index (χ0) is 30.6. The Balaban J connectivity index is 1.49.